The van der Waals surface area contributed by atoms with Crippen molar-refractivity contribution in [1.29, 1.82) is 0 Å². The molecule has 0 bridgehead atoms. The summed E-state index contributed by atoms with van der Waals surface area (Å²) in [5.74, 6) is -0.000281. The van der Waals surface area contributed by atoms with Crippen molar-refractivity contribution in [1.82, 2.24) is 20.4 Å². The standard InChI is InChI=1S/C21H27FN6O/c1-5-6-17(25-20(23)24-14(2)13-27(3)4)19-18(15-7-9-16(22)10-8-15)26-21-28(19)11-12-29-21/h5-12,14,21,26H,1,13H2,2-4H3,(H3,23,24,25)/b17-6-. The molecule has 2 aliphatic rings. The highest BCUT2D eigenvalue weighted by Crippen LogP contribution is 2.35. The molecular formula is C21H27FN6O. The first-order chi connectivity index (χ1) is 13.9. The Balaban J connectivity index is 1.98. The number of aliphatic imine (C=N–C) groups is 1. The molecular weight excluding hydrogens is 371 g/mol. The molecule has 2 heterocycles. The third-order valence-electron chi connectivity index (χ3n) is 4.37. The summed E-state index contributed by atoms with van der Waals surface area (Å²) in [7, 11) is 4.00. The Hall–Kier alpha value is -3.26. The number of halogens is 1. The van der Waals surface area contributed by atoms with Gasteiger partial charge in [-0.25, -0.2) is 9.38 Å². The van der Waals surface area contributed by atoms with Crippen molar-refractivity contribution in [3.05, 3.63) is 78.2 Å². The molecule has 2 atom stereocenters. The SMILES string of the molecule is C=C/C=C(\N=C(/N)NC(C)CN(C)C)C1=C(c2ccc(F)cc2)NC2OC=CN12. The third kappa shape index (κ3) is 4.78. The predicted octanol–water partition coefficient (Wildman–Crippen LogP) is 2.11. The molecule has 0 spiro atoms. The molecule has 0 radical (unpaired) electrons. The lowest BCUT2D eigenvalue weighted by atomic mass is 10.1. The molecule has 2 unspecified atom stereocenters. The van der Waals surface area contributed by atoms with Gasteiger partial charge in [0.25, 0.3) is 6.35 Å². The van der Waals surface area contributed by atoms with E-state index in [0.717, 1.165) is 23.5 Å². The smallest absolute Gasteiger partial charge is 0.254 e. The summed E-state index contributed by atoms with van der Waals surface area (Å²) in [6, 6.07) is 6.37. The molecule has 0 saturated heterocycles. The highest BCUT2D eigenvalue weighted by atomic mass is 19.1. The van der Waals surface area contributed by atoms with E-state index >= 15 is 0 Å². The number of fused-ring (bicyclic) bond motifs is 1. The maximum absolute atomic E-state index is 13.4. The second-order valence-corrected chi connectivity index (χ2v) is 7.15. The number of nitrogens with zero attached hydrogens (tertiary/aromatic N) is 3. The largest absolute Gasteiger partial charge is 0.458 e. The van der Waals surface area contributed by atoms with Gasteiger partial charge in [0.2, 0.25) is 0 Å². The number of nitrogens with two attached hydrogens (primary N) is 1. The van der Waals surface area contributed by atoms with Crippen molar-refractivity contribution in [3.8, 4) is 0 Å². The number of allylic oxidation sites excluding steroid dienone is 2. The molecule has 1 aromatic carbocycles. The topological polar surface area (TPSA) is 78.1 Å². The fraction of sp³-hybridized carbons (Fsp3) is 0.286. The zero-order valence-corrected chi connectivity index (χ0v) is 16.9. The molecule has 0 amide bonds. The normalized spacial score (nSPS) is 19.9. The van der Waals surface area contributed by atoms with Crippen LogP contribution in [0.2, 0.25) is 0 Å². The summed E-state index contributed by atoms with van der Waals surface area (Å²) in [6.45, 7) is 6.65. The van der Waals surface area contributed by atoms with Crippen LogP contribution in [0.25, 0.3) is 5.70 Å². The summed E-state index contributed by atoms with van der Waals surface area (Å²) >= 11 is 0. The van der Waals surface area contributed by atoms with Crippen LogP contribution in [0.15, 0.2) is 71.8 Å². The first kappa shape index (κ1) is 20.5. The van der Waals surface area contributed by atoms with Crippen molar-refractivity contribution in [2.45, 2.75) is 19.3 Å². The third-order valence-corrected chi connectivity index (χ3v) is 4.37. The maximum Gasteiger partial charge on any atom is 0.254 e. The molecule has 29 heavy (non-hydrogen) atoms. The Labute approximate surface area is 170 Å². The predicted molar refractivity (Wildman–Crippen MR) is 113 cm³/mol. The fourth-order valence-electron chi connectivity index (χ4n) is 3.32. The van der Waals surface area contributed by atoms with Gasteiger partial charge in [-0.1, -0.05) is 12.7 Å². The molecule has 154 valence electrons. The minimum atomic E-state index is -0.393. The minimum Gasteiger partial charge on any atom is -0.458 e. The monoisotopic (exact) mass is 398 g/mol. The van der Waals surface area contributed by atoms with Gasteiger partial charge in [-0.05, 0) is 51.4 Å². The van der Waals surface area contributed by atoms with Crippen LogP contribution in [0, 0.1) is 5.82 Å². The first-order valence-corrected chi connectivity index (χ1v) is 9.34. The molecule has 0 saturated carbocycles. The van der Waals surface area contributed by atoms with Gasteiger partial charge in [0.15, 0.2) is 5.96 Å². The Kier molecular flexibility index (Phi) is 6.23. The van der Waals surface area contributed by atoms with Crippen LogP contribution in [0.1, 0.15) is 12.5 Å². The Morgan fingerprint density at radius 1 is 1.45 bits per heavy atom. The van der Waals surface area contributed by atoms with Crippen LogP contribution in [0.5, 0.6) is 0 Å². The average Bonchev–Trinajstić information content (AvgIpc) is 3.22. The second kappa shape index (κ2) is 8.83. The summed E-state index contributed by atoms with van der Waals surface area (Å²) in [5.41, 5.74) is 9.12. The van der Waals surface area contributed by atoms with Crippen molar-refractivity contribution in [3.63, 3.8) is 0 Å². The average molecular weight is 398 g/mol. The van der Waals surface area contributed by atoms with E-state index in [2.05, 4.69) is 27.1 Å². The van der Waals surface area contributed by atoms with E-state index < -0.39 is 6.35 Å². The van der Waals surface area contributed by atoms with E-state index in [4.69, 9.17) is 10.5 Å². The van der Waals surface area contributed by atoms with E-state index in [-0.39, 0.29) is 11.9 Å². The number of likely N-dealkylation sites (N-methyl/N-ethyl adjacent to an activating group) is 1. The molecule has 0 aromatic heterocycles. The van der Waals surface area contributed by atoms with E-state index in [9.17, 15) is 4.39 Å². The number of nitrogens with one attached hydrogen (secondary N) is 2. The van der Waals surface area contributed by atoms with Crippen LogP contribution in [-0.4, -0.2) is 48.8 Å². The summed E-state index contributed by atoms with van der Waals surface area (Å²) in [6.07, 6.45) is 6.46. The molecule has 1 aromatic rings. The van der Waals surface area contributed by atoms with Crippen molar-refractivity contribution >= 4 is 11.7 Å². The van der Waals surface area contributed by atoms with Gasteiger partial charge in [-0.15, -0.1) is 0 Å². The number of ether oxygens (including phenoxy) is 1. The van der Waals surface area contributed by atoms with Crippen LogP contribution < -0.4 is 16.4 Å². The zero-order valence-electron chi connectivity index (χ0n) is 16.9. The van der Waals surface area contributed by atoms with Crippen LogP contribution in [0.4, 0.5) is 4.39 Å². The molecule has 0 aliphatic carbocycles. The summed E-state index contributed by atoms with van der Waals surface area (Å²) < 4.78 is 19.0. The van der Waals surface area contributed by atoms with Crippen LogP contribution in [0.3, 0.4) is 0 Å². The number of hydrogen-bond donors (Lipinski definition) is 3. The van der Waals surface area contributed by atoms with Gasteiger partial charge in [-0.2, -0.15) is 0 Å². The highest BCUT2D eigenvalue weighted by molar-refractivity contribution is 5.81. The van der Waals surface area contributed by atoms with Gasteiger partial charge in [0, 0.05) is 24.4 Å². The van der Waals surface area contributed by atoms with Crippen LogP contribution in [-0.2, 0) is 4.74 Å². The maximum atomic E-state index is 13.4. The number of benzene rings is 1. The van der Waals surface area contributed by atoms with Crippen molar-refractivity contribution < 1.29 is 9.13 Å². The Morgan fingerprint density at radius 2 is 2.17 bits per heavy atom. The van der Waals surface area contributed by atoms with Crippen molar-refractivity contribution in [2.75, 3.05) is 20.6 Å². The van der Waals surface area contributed by atoms with Gasteiger partial charge in [0.05, 0.1) is 17.1 Å². The quantitative estimate of drug-likeness (QED) is 0.371. The molecule has 7 nitrogen and oxygen atoms in total. The second-order valence-electron chi connectivity index (χ2n) is 7.15. The zero-order chi connectivity index (χ0) is 21.0. The Bertz CT molecular complexity index is 872. The van der Waals surface area contributed by atoms with Gasteiger partial charge < -0.3 is 26.0 Å². The van der Waals surface area contributed by atoms with Gasteiger partial charge in [-0.3, -0.25) is 4.90 Å². The van der Waals surface area contributed by atoms with E-state index in [1.54, 1.807) is 30.5 Å². The lowest BCUT2D eigenvalue weighted by Crippen LogP contribution is -2.43. The lowest BCUT2D eigenvalue weighted by molar-refractivity contribution is 0.0764. The highest BCUT2D eigenvalue weighted by Gasteiger charge is 2.36. The van der Waals surface area contributed by atoms with Crippen molar-refractivity contribution in [2.24, 2.45) is 10.7 Å². The number of rotatable bonds is 7. The van der Waals surface area contributed by atoms with E-state index in [0.29, 0.717) is 11.7 Å². The number of guanidine groups is 1. The van der Waals surface area contributed by atoms with Gasteiger partial charge >= 0.3 is 0 Å². The van der Waals surface area contributed by atoms with Crippen LogP contribution >= 0.6 is 0 Å². The molecule has 4 N–H and O–H groups in total. The summed E-state index contributed by atoms with van der Waals surface area (Å²) in [4.78, 5) is 8.58. The molecule has 2 aliphatic heterocycles. The molecule has 8 heteroatoms. The van der Waals surface area contributed by atoms with E-state index in [1.165, 1.54) is 12.1 Å². The Morgan fingerprint density at radius 3 is 2.83 bits per heavy atom. The molecule has 0 fully saturated rings. The fourth-order valence-corrected chi connectivity index (χ4v) is 3.32. The first-order valence-electron chi connectivity index (χ1n) is 9.34. The lowest BCUT2D eigenvalue weighted by Gasteiger charge is -2.20. The molecule has 3 rings (SSSR count). The number of hydrogen-bond acceptors (Lipinski definition) is 5. The summed E-state index contributed by atoms with van der Waals surface area (Å²) in [5, 5.41) is 6.50. The minimum absolute atomic E-state index is 0.119. The van der Waals surface area contributed by atoms with Gasteiger partial charge in [0.1, 0.15) is 12.1 Å². The van der Waals surface area contributed by atoms with E-state index in [1.807, 2.05) is 32.1 Å².